The van der Waals surface area contributed by atoms with Crippen molar-refractivity contribution in [3.8, 4) is 0 Å². The van der Waals surface area contributed by atoms with E-state index in [2.05, 4.69) is 23.7 Å². The maximum absolute atomic E-state index is 13.3. The molecule has 28 heavy (non-hydrogen) atoms. The second-order valence-corrected chi connectivity index (χ2v) is 8.51. The first kappa shape index (κ1) is 19.0. The summed E-state index contributed by atoms with van der Waals surface area (Å²) in [6, 6.07) is 6.32. The number of rotatable bonds is 2. The second-order valence-electron chi connectivity index (χ2n) is 8.51. The zero-order valence-corrected chi connectivity index (χ0v) is 17.3. The monoisotopic (exact) mass is 381 g/mol. The van der Waals surface area contributed by atoms with Crippen molar-refractivity contribution in [2.45, 2.75) is 58.9 Å². The molecule has 0 aliphatic carbocycles. The summed E-state index contributed by atoms with van der Waals surface area (Å²) < 4.78 is 0. The third-order valence-electron chi connectivity index (χ3n) is 6.88. The lowest BCUT2D eigenvalue weighted by atomic mass is 9.83. The van der Waals surface area contributed by atoms with Gasteiger partial charge in [-0.3, -0.25) is 9.59 Å². The molecule has 4 rings (SSSR count). The lowest BCUT2D eigenvalue weighted by Gasteiger charge is -2.43. The predicted octanol–water partition coefficient (Wildman–Crippen LogP) is 4.04. The maximum atomic E-state index is 13.3. The summed E-state index contributed by atoms with van der Waals surface area (Å²) in [4.78, 5) is 32.8. The van der Waals surface area contributed by atoms with Crippen molar-refractivity contribution in [1.29, 1.82) is 0 Å². The van der Waals surface area contributed by atoms with Crippen LogP contribution < -0.4 is 0 Å². The van der Waals surface area contributed by atoms with Crippen molar-refractivity contribution in [2.75, 3.05) is 19.6 Å². The molecule has 0 spiro atoms. The summed E-state index contributed by atoms with van der Waals surface area (Å²) >= 11 is 0. The number of aromatic amines is 1. The third-order valence-corrected chi connectivity index (χ3v) is 6.88. The van der Waals surface area contributed by atoms with Crippen LogP contribution in [0, 0.1) is 19.8 Å². The topological polar surface area (TPSA) is 56.4 Å². The first-order chi connectivity index (χ1) is 13.5. The standard InChI is InChI=1S/C23H31N3O2/c1-15-16(2)24-20-8-6-7-19(22(15)20)23(28)25-13-10-18(11-14-25)21-9-4-5-12-26(21)17(3)27/h6-8,18,21,24H,4-5,9-14H2,1-3H3/t21-/m1/s1. The summed E-state index contributed by atoms with van der Waals surface area (Å²) in [5.74, 6) is 0.853. The SMILES string of the molecule is CC(=O)N1CCCC[C@@H]1C1CCN(C(=O)c2cccc3[nH]c(C)c(C)c23)CC1. The molecule has 2 fully saturated rings. The molecule has 1 N–H and O–H groups in total. The van der Waals surface area contributed by atoms with Gasteiger partial charge in [-0.05, 0) is 69.6 Å². The van der Waals surface area contributed by atoms with Crippen LogP contribution in [0.25, 0.3) is 10.9 Å². The van der Waals surface area contributed by atoms with Gasteiger partial charge in [0.15, 0.2) is 0 Å². The van der Waals surface area contributed by atoms with E-state index in [4.69, 9.17) is 0 Å². The molecule has 2 saturated heterocycles. The molecule has 0 radical (unpaired) electrons. The molecular formula is C23H31N3O2. The van der Waals surface area contributed by atoms with Crippen LogP contribution in [-0.4, -0.2) is 52.3 Å². The van der Waals surface area contributed by atoms with Gasteiger partial charge in [0.2, 0.25) is 5.91 Å². The molecule has 0 bridgehead atoms. The highest BCUT2D eigenvalue weighted by Gasteiger charge is 2.34. The zero-order chi connectivity index (χ0) is 19.8. The molecule has 0 unspecified atom stereocenters. The Hall–Kier alpha value is -2.30. The molecular weight excluding hydrogens is 350 g/mol. The lowest BCUT2D eigenvalue weighted by molar-refractivity contribution is -0.134. The average Bonchev–Trinajstić information content (AvgIpc) is 3.01. The van der Waals surface area contributed by atoms with E-state index < -0.39 is 0 Å². The summed E-state index contributed by atoms with van der Waals surface area (Å²) in [5.41, 5.74) is 4.12. The van der Waals surface area contributed by atoms with Crippen molar-refractivity contribution >= 4 is 22.7 Å². The number of carbonyl (C=O) groups excluding carboxylic acids is 2. The van der Waals surface area contributed by atoms with E-state index in [9.17, 15) is 9.59 Å². The van der Waals surface area contributed by atoms with E-state index in [-0.39, 0.29) is 11.8 Å². The van der Waals surface area contributed by atoms with Crippen LogP contribution in [0.2, 0.25) is 0 Å². The number of hydrogen-bond acceptors (Lipinski definition) is 2. The fourth-order valence-electron chi connectivity index (χ4n) is 5.22. The summed E-state index contributed by atoms with van der Waals surface area (Å²) in [5, 5.41) is 1.06. The number of piperidine rings is 2. The summed E-state index contributed by atoms with van der Waals surface area (Å²) in [6.45, 7) is 8.29. The Morgan fingerprint density at radius 1 is 1.04 bits per heavy atom. The van der Waals surface area contributed by atoms with Crippen LogP contribution in [-0.2, 0) is 4.79 Å². The van der Waals surface area contributed by atoms with Crippen molar-refractivity contribution < 1.29 is 9.59 Å². The summed E-state index contributed by atoms with van der Waals surface area (Å²) in [7, 11) is 0. The Labute approximate surface area is 167 Å². The minimum Gasteiger partial charge on any atom is -0.358 e. The van der Waals surface area contributed by atoms with Gasteiger partial charge in [0.25, 0.3) is 5.91 Å². The molecule has 1 aromatic heterocycles. The Morgan fingerprint density at radius 3 is 2.50 bits per heavy atom. The number of amides is 2. The van der Waals surface area contributed by atoms with Crippen LogP contribution in [0.5, 0.6) is 0 Å². The first-order valence-electron chi connectivity index (χ1n) is 10.6. The van der Waals surface area contributed by atoms with Crippen LogP contribution in [0.15, 0.2) is 18.2 Å². The van der Waals surface area contributed by atoms with Gasteiger partial charge in [-0.15, -0.1) is 0 Å². The molecule has 2 aliphatic rings. The lowest BCUT2D eigenvalue weighted by Crippen LogP contribution is -2.50. The number of aryl methyl sites for hydroxylation is 2. The number of aromatic nitrogens is 1. The minimum atomic E-state index is 0.137. The Balaban J connectivity index is 1.48. The number of H-pyrrole nitrogens is 1. The molecule has 1 aromatic carbocycles. The minimum absolute atomic E-state index is 0.137. The molecule has 1 atom stereocenters. The number of nitrogens with zero attached hydrogens (tertiary/aromatic N) is 2. The molecule has 150 valence electrons. The van der Waals surface area contributed by atoms with Gasteiger partial charge < -0.3 is 14.8 Å². The maximum Gasteiger partial charge on any atom is 0.254 e. The van der Waals surface area contributed by atoms with E-state index in [1.54, 1.807) is 6.92 Å². The molecule has 2 aromatic rings. The van der Waals surface area contributed by atoms with Gasteiger partial charge >= 0.3 is 0 Å². The Morgan fingerprint density at radius 2 is 1.79 bits per heavy atom. The first-order valence-corrected chi connectivity index (χ1v) is 10.6. The van der Waals surface area contributed by atoms with E-state index in [1.807, 2.05) is 23.1 Å². The largest absolute Gasteiger partial charge is 0.358 e. The van der Waals surface area contributed by atoms with Gasteiger partial charge in [0.05, 0.1) is 0 Å². The zero-order valence-electron chi connectivity index (χ0n) is 17.3. The van der Waals surface area contributed by atoms with E-state index >= 15 is 0 Å². The molecule has 5 nitrogen and oxygen atoms in total. The van der Waals surface area contributed by atoms with Crippen LogP contribution >= 0.6 is 0 Å². The van der Waals surface area contributed by atoms with Crippen molar-refractivity contribution in [3.05, 3.63) is 35.0 Å². The molecule has 0 saturated carbocycles. The Kier molecular flexibility index (Phi) is 5.17. The van der Waals surface area contributed by atoms with E-state index in [1.165, 1.54) is 6.42 Å². The third kappa shape index (κ3) is 3.31. The Bertz CT molecular complexity index is 893. The highest BCUT2D eigenvalue weighted by atomic mass is 16.2. The number of hydrogen-bond donors (Lipinski definition) is 1. The fraction of sp³-hybridized carbons (Fsp3) is 0.565. The quantitative estimate of drug-likeness (QED) is 0.854. The number of carbonyl (C=O) groups is 2. The van der Waals surface area contributed by atoms with Crippen LogP contribution in [0.1, 0.15) is 60.6 Å². The molecule has 3 heterocycles. The van der Waals surface area contributed by atoms with Gasteiger partial charge in [-0.1, -0.05) is 6.07 Å². The number of likely N-dealkylation sites (tertiary alicyclic amines) is 2. The van der Waals surface area contributed by atoms with Gasteiger partial charge in [-0.2, -0.15) is 0 Å². The van der Waals surface area contributed by atoms with Crippen LogP contribution in [0.4, 0.5) is 0 Å². The van der Waals surface area contributed by atoms with Gasteiger partial charge in [0, 0.05) is 54.8 Å². The number of benzene rings is 1. The van der Waals surface area contributed by atoms with Crippen molar-refractivity contribution in [1.82, 2.24) is 14.8 Å². The van der Waals surface area contributed by atoms with Crippen LogP contribution in [0.3, 0.4) is 0 Å². The number of nitrogens with one attached hydrogen (secondary N) is 1. The second kappa shape index (κ2) is 7.61. The molecule has 2 amide bonds. The molecule has 5 heteroatoms. The number of fused-ring (bicyclic) bond motifs is 1. The smallest absolute Gasteiger partial charge is 0.254 e. The molecule has 2 aliphatic heterocycles. The van der Waals surface area contributed by atoms with Gasteiger partial charge in [0.1, 0.15) is 0 Å². The van der Waals surface area contributed by atoms with Crippen molar-refractivity contribution in [3.63, 3.8) is 0 Å². The normalized spacial score (nSPS) is 21.3. The highest BCUT2D eigenvalue weighted by molar-refractivity contribution is 6.08. The average molecular weight is 382 g/mol. The van der Waals surface area contributed by atoms with E-state index in [0.717, 1.165) is 73.0 Å². The van der Waals surface area contributed by atoms with E-state index in [0.29, 0.717) is 12.0 Å². The predicted molar refractivity (Wildman–Crippen MR) is 111 cm³/mol. The van der Waals surface area contributed by atoms with Gasteiger partial charge in [-0.25, -0.2) is 0 Å². The fourth-order valence-corrected chi connectivity index (χ4v) is 5.22. The van der Waals surface area contributed by atoms with Crippen molar-refractivity contribution in [2.24, 2.45) is 5.92 Å². The summed E-state index contributed by atoms with van der Waals surface area (Å²) in [6.07, 6.45) is 5.41. The highest BCUT2D eigenvalue weighted by Crippen LogP contribution is 2.32.